The zero-order chi connectivity index (χ0) is 20.8. The molecule has 0 aliphatic heterocycles. The number of thiophene rings is 1. The third-order valence-electron chi connectivity index (χ3n) is 5.01. The maximum absolute atomic E-state index is 13.5. The summed E-state index contributed by atoms with van der Waals surface area (Å²) < 4.78 is 8.72. The van der Waals surface area contributed by atoms with Gasteiger partial charge in [0.05, 0.1) is 18.5 Å². The van der Waals surface area contributed by atoms with Gasteiger partial charge >= 0.3 is 0 Å². The fourth-order valence-electron chi connectivity index (χ4n) is 3.51. The van der Waals surface area contributed by atoms with Gasteiger partial charge in [0.15, 0.2) is 0 Å². The maximum Gasteiger partial charge on any atom is 0.255 e. The minimum Gasteiger partial charge on any atom is -0.494 e. The maximum atomic E-state index is 13.5. The van der Waals surface area contributed by atoms with Crippen LogP contribution < -0.4 is 4.74 Å². The van der Waals surface area contributed by atoms with Gasteiger partial charge in [0.25, 0.3) is 5.91 Å². The number of hydrogen-bond acceptors (Lipinski definition) is 4. The molecule has 0 spiro atoms. The van der Waals surface area contributed by atoms with E-state index in [2.05, 4.69) is 11.1 Å². The molecule has 4 rings (SSSR count). The van der Waals surface area contributed by atoms with Crippen LogP contribution in [0.5, 0.6) is 5.75 Å². The Kier molecular flexibility index (Phi) is 6.44. The first-order chi connectivity index (χ1) is 14.7. The van der Waals surface area contributed by atoms with Crippen molar-refractivity contribution in [3.05, 3.63) is 83.8 Å². The van der Waals surface area contributed by atoms with Gasteiger partial charge in [-0.05, 0) is 37.1 Å². The van der Waals surface area contributed by atoms with Crippen LogP contribution in [0.15, 0.2) is 72.6 Å². The number of nitrogens with zero attached hydrogens (tertiary/aromatic N) is 3. The Hall–Kier alpha value is -3.12. The fraction of sp³-hybridized carbons (Fsp3) is 0.250. The summed E-state index contributed by atoms with van der Waals surface area (Å²) >= 11 is 1.62. The van der Waals surface area contributed by atoms with Crippen molar-refractivity contribution in [3.63, 3.8) is 0 Å². The van der Waals surface area contributed by atoms with Gasteiger partial charge in [0, 0.05) is 47.5 Å². The van der Waals surface area contributed by atoms with Crippen molar-refractivity contribution in [1.82, 2.24) is 14.5 Å². The average Bonchev–Trinajstić information content (AvgIpc) is 3.44. The molecule has 0 N–H and O–H groups in total. The standard InChI is InChI=1S/C24H25N3O2S/c1-2-29-20-10-8-19(9-11-20)16-27(14-5-13-26-15-12-25-18-26)24(28)22-17-30-23-7-4-3-6-21(22)23/h3-4,6-12,15,17-18H,2,5,13-14,16H2,1H3. The van der Waals surface area contributed by atoms with Gasteiger partial charge in [0.2, 0.25) is 0 Å². The molecule has 0 fully saturated rings. The molecule has 2 aromatic carbocycles. The number of ether oxygens (including phenoxy) is 1. The molecule has 0 saturated heterocycles. The first-order valence-corrected chi connectivity index (χ1v) is 11.1. The third-order valence-corrected chi connectivity index (χ3v) is 5.97. The zero-order valence-corrected chi connectivity index (χ0v) is 17.8. The first-order valence-electron chi connectivity index (χ1n) is 10.2. The van der Waals surface area contributed by atoms with Gasteiger partial charge in [-0.25, -0.2) is 4.98 Å². The number of carbonyl (C=O) groups excluding carboxylic acids is 1. The molecular weight excluding hydrogens is 394 g/mol. The van der Waals surface area contributed by atoms with E-state index in [0.717, 1.165) is 39.9 Å². The van der Waals surface area contributed by atoms with Crippen LogP contribution in [0.1, 0.15) is 29.3 Å². The number of amides is 1. The van der Waals surface area contributed by atoms with Gasteiger partial charge in [-0.2, -0.15) is 0 Å². The van der Waals surface area contributed by atoms with E-state index >= 15 is 0 Å². The van der Waals surface area contributed by atoms with Crippen LogP contribution in [0.3, 0.4) is 0 Å². The lowest BCUT2D eigenvalue weighted by atomic mass is 10.1. The number of rotatable bonds is 9. The Labute approximate surface area is 180 Å². The van der Waals surface area contributed by atoms with E-state index in [4.69, 9.17) is 4.74 Å². The van der Waals surface area contributed by atoms with E-state index in [1.54, 1.807) is 17.5 Å². The topological polar surface area (TPSA) is 47.4 Å². The second-order valence-electron chi connectivity index (χ2n) is 7.10. The van der Waals surface area contributed by atoms with Gasteiger partial charge in [-0.15, -0.1) is 11.3 Å². The Balaban J connectivity index is 1.53. The van der Waals surface area contributed by atoms with E-state index in [9.17, 15) is 4.79 Å². The quantitative estimate of drug-likeness (QED) is 0.373. The summed E-state index contributed by atoms with van der Waals surface area (Å²) in [7, 11) is 0. The smallest absolute Gasteiger partial charge is 0.255 e. The number of aromatic nitrogens is 2. The highest BCUT2D eigenvalue weighted by Gasteiger charge is 2.19. The molecule has 1 amide bonds. The molecule has 0 radical (unpaired) electrons. The van der Waals surface area contributed by atoms with E-state index in [1.807, 2.05) is 76.8 Å². The lowest BCUT2D eigenvalue weighted by Gasteiger charge is -2.23. The highest BCUT2D eigenvalue weighted by molar-refractivity contribution is 7.17. The summed E-state index contributed by atoms with van der Waals surface area (Å²) in [5.41, 5.74) is 1.87. The summed E-state index contributed by atoms with van der Waals surface area (Å²) in [6.07, 6.45) is 6.40. The lowest BCUT2D eigenvalue weighted by molar-refractivity contribution is 0.0741. The summed E-state index contributed by atoms with van der Waals surface area (Å²) in [6, 6.07) is 16.1. The molecule has 6 heteroatoms. The molecule has 0 atom stereocenters. The van der Waals surface area contributed by atoms with Gasteiger partial charge < -0.3 is 14.2 Å². The van der Waals surface area contributed by atoms with Crippen molar-refractivity contribution in [2.24, 2.45) is 0 Å². The van der Waals surface area contributed by atoms with Crippen LogP contribution in [0.4, 0.5) is 0 Å². The Bertz CT molecular complexity index is 1090. The third kappa shape index (κ3) is 4.71. The van der Waals surface area contributed by atoms with Crippen LogP contribution in [-0.4, -0.2) is 33.5 Å². The van der Waals surface area contributed by atoms with Gasteiger partial charge in [-0.3, -0.25) is 4.79 Å². The van der Waals surface area contributed by atoms with Crippen molar-refractivity contribution in [2.45, 2.75) is 26.4 Å². The Morgan fingerprint density at radius 3 is 2.77 bits per heavy atom. The predicted molar refractivity (Wildman–Crippen MR) is 121 cm³/mol. The SMILES string of the molecule is CCOc1ccc(CN(CCCn2ccnc2)C(=O)c2csc3ccccc23)cc1. The molecule has 2 aromatic heterocycles. The molecule has 0 saturated carbocycles. The highest BCUT2D eigenvalue weighted by atomic mass is 32.1. The lowest BCUT2D eigenvalue weighted by Crippen LogP contribution is -2.32. The zero-order valence-electron chi connectivity index (χ0n) is 17.0. The second kappa shape index (κ2) is 9.59. The van der Waals surface area contributed by atoms with E-state index in [1.165, 1.54) is 0 Å². The summed E-state index contributed by atoms with van der Waals surface area (Å²) in [5, 5.41) is 3.01. The van der Waals surface area contributed by atoms with Crippen molar-refractivity contribution < 1.29 is 9.53 Å². The van der Waals surface area contributed by atoms with Crippen molar-refractivity contribution in [3.8, 4) is 5.75 Å². The molecule has 5 nitrogen and oxygen atoms in total. The number of benzene rings is 2. The number of aryl methyl sites for hydroxylation is 1. The first kappa shape index (κ1) is 20.2. The van der Waals surface area contributed by atoms with Gasteiger partial charge in [0.1, 0.15) is 5.75 Å². The highest BCUT2D eigenvalue weighted by Crippen LogP contribution is 2.27. The molecule has 0 unspecified atom stereocenters. The summed E-state index contributed by atoms with van der Waals surface area (Å²) in [5.74, 6) is 0.926. The van der Waals surface area contributed by atoms with Crippen molar-refractivity contribution in [2.75, 3.05) is 13.2 Å². The largest absolute Gasteiger partial charge is 0.494 e. The summed E-state index contributed by atoms with van der Waals surface area (Å²) in [4.78, 5) is 19.5. The molecular formula is C24H25N3O2S. The Morgan fingerprint density at radius 2 is 2.00 bits per heavy atom. The monoisotopic (exact) mass is 419 g/mol. The van der Waals surface area contributed by atoms with Crippen LogP contribution in [0, 0.1) is 0 Å². The van der Waals surface area contributed by atoms with Crippen LogP contribution >= 0.6 is 11.3 Å². The van der Waals surface area contributed by atoms with Crippen LogP contribution in [0.2, 0.25) is 0 Å². The van der Waals surface area contributed by atoms with E-state index in [-0.39, 0.29) is 5.91 Å². The number of carbonyl (C=O) groups is 1. The van der Waals surface area contributed by atoms with Crippen molar-refractivity contribution >= 4 is 27.3 Å². The molecule has 0 aliphatic rings. The molecule has 0 aliphatic carbocycles. The predicted octanol–water partition coefficient (Wildman–Crippen LogP) is 5.23. The molecule has 0 bridgehead atoms. The van der Waals surface area contributed by atoms with Crippen molar-refractivity contribution in [1.29, 1.82) is 0 Å². The number of fused-ring (bicyclic) bond motifs is 1. The Morgan fingerprint density at radius 1 is 1.17 bits per heavy atom. The van der Waals surface area contributed by atoms with E-state index < -0.39 is 0 Å². The molecule has 30 heavy (non-hydrogen) atoms. The minimum absolute atomic E-state index is 0.0759. The van der Waals surface area contributed by atoms with Crippen LogP contribution in [0.25, 0.3) is 10.1 Å². The summed E-state index contributed by atoms with van der Waals surface area (Å²) in [6.45, 7) is 4.69. The van der Waals surface area contributed by atoms with Gasteiger partial charge in [-0.1, -0.05) is 30.3 Å². The minimum atomic E-state index is 0.0759. The molecule has 2 heterocycles. The number of imidazole rings is 1. The number of hydrogen-bond donors (Lipinski definition) is 0. The van der Waals surface area contributed by atoms with Crippen LogP contribution in [-0.2, 0) is 13.1 Å². The normalized spacial score (nSPS) is 11.0. The fourth-order valence-corrected chi connectivity index (χ4v) is 4.44. The van der Waals surface area contributed by atoms with E-state index in [0.29, 0.717) is 19.7 Å². The molecule has 4 aromatic rings. The average molecular weight is 420 g/mol. The molecule has 154 valence electrons. The second-order valence-corrected chi connectivity index (χ2v) is 8.01.